The molecule has 0 bridgehead atoms. The quantitative estimate of drug-likeness (QED) is 0.421. The maximum Gasteiger partial charge on any atom is 0.257 e. The molecule has 174 valence electrons. The zero-order valence-corrected chi connectivity index (χ0v) is 20.2. The molecule has 34 heavy (non-hydrogen) atoms. The van der Waals surface area contributed by atoms with Gasteiger partial charge in [0.05, 0.1) is 16.2 Å². The van der Waals surface area contributed by atoms with Gasteiger partial charge < -0.3 is 4.74 Å². The van der Waals surface area contributed by atoms with E-state index in [0.29, 0.717) is 48.1 Å². The number of carbonyl (C=O) groups excluding carboxylic acids is 1. The molecule has 2 heterocycles. The number of aromatic nitrogens is 1. The van der Waals surface area contributed by atoms with E-state index in [-0.39, 0.29) is 10.8 Å². The van der Waals surface area contributed by atoms with Gasteiger partial charge in [0.25, 0.3) is 5.91 Å². The summed E-state index contributed by atoms with van der Waals surface area (Å²) in [5.74, 6) is 0.319. The number of thiazole rings is 1. The van der Waals surface area contributed by atoms with Gasteiger partial charge in [0, 0.05) is 18.7 Å². The highest BCUT2D eigenvalue weighted by atomic mass is 32.2. The van der Waals surface area contributed by atoms with Crippen LogP contribution >= 0.6 is 11.3 Å². The van der Waals surface area contributed by atoms with Crippen molar-refractivity contribution in [3.63, 3.8) is 0 Å². The van der Waals surface area contributed by atoms with E-state index in [2.05, 4.69) is 10.3 Å². The van der Waals surface area contributed by atoms with Crippen molar-refractivity contribution in [3.8, 4) is 5.75 Å². The lowest BCUT2D eigenvalue weighted by Gasteiger charge is -2.28. The summed E-state index contributed by atoms with van der Waals surface area (Å²) in [4.78, 5) is 17.4. The summed E-state index contributed by atoms with van der Waals surface area (Å²) in [6, 6.07) is 19.6. The third-order valence-electron chi connectivity index (χ3n) is 5.75. The topological polar surface area (TPSA) is 88.6 Å². The Morgan fingerprint density at radius 1 is 1.06 bits per heavy atom. The first-order valence-corrected chi connectivity index (χ1v) is 13.2. The molecule has 9 heteroatoms. The van der Waals surface area contributed by atoms with Crippen molar-refractivity contribution < 1.29 is 17.9 Å². The molecule has 0 saturated carbocycles. The van der Waals surface area contributed by atoms with E-state index in [0.717, 1.165) is 10.3 Å². The number of carbonyl (C=O) groups is 1. The molecule has 0 fully saturated rings. The number of amides is 1. The molecule has 1 aliphatic heterocycles. The first-order valence-electron chi connectivity index (χ1n) is 11.0. The minimum Gasteiger partial charge on any atom is -0.492 e. The molecule has 0 atom stereocenters. The first kappa shape index (κ1) is 22.5. The number of para-hydroxylation sites is 1. The second kappa shape index (κ2) is 9.17. The molecule has 7 nitrogen and oxygen atoms in total. The molecular weight excluding hydrogens is 470 g/mol. The summed E-state index contributed by atoms with van der Waals surface area (Å²) >= 11 is 1.36. The van der Waals surface area contributed by atoms with Gasteiger partial charge in [0.1, 0.15) is 11.3 Å². The van der Waals surface area contributed by atoms with Crippen LogP contribution in [0.4, 0.5) is 5.13 Å². The fraction of sp³-hybridized carbons (Fsp3) is 0.200. The number of sulfonamides is 1. The van der Waals surface area contributed by atoms with Crippen LogP contribution in [0, 0.1) is 0 Å². The number of benzene rings is 3. The number of ether oxygens (including phenoxy) is 1. The van der Waals surface area contributed by atoms with Crippen LogP contribution in [0.5, 0.6) is 5.75 Å². The Morgan fingerprint density at radius 3 is 2.59 bits per heavy atom. The van der Waals surface area contributed by atoms with Gasteiger partial charge in [-0.1, -0.05) is 41.7 Å². The summed E-state index contributed by atoms with van der Waals surface area (Å²) in [6.07, 6.45) is 0.684. The summed E-state index contributed by atoms with van der Waals surface area (Å²) in [5, 5.41) is 3.26. The molecule has 1 aliphatic rings. The van der Waals surface area contributed by atoms with Gasteiger partial charge in [-0.05, 0) is 60.9 Å². The number of hydrogen-bond acceptors (Lipinski definition) is 6. The minimum absolute atomic E-state index is 0.171. The van der Waals surface area contributed by atoms with Crippen molar-refractivity contribution >= 4 is 42.6 Å². The van der Waals surface area contributed by atoms with Crippen LogP contribution in [0.1, 0.15) is 28.4 Å². The van der Waals surface area contributed by atoms with E-state index >= 15 is 0 Å². The van der Waals surface area contributed by atoms with Gasteiger partial charge in [0.2, 0.25) is 10.0 Å². The molecule has 1 N–H and O–H groups in total. The number of nitrogens with one attached hydrogen (secondary N) is 1. The van der Waals surface area contributed by atoms with Crippen molar-refractivity contribution in [2.45, 2.75) is 24.8 Å². The molecule has 0 saturated heterocycles. The zero-order valence-electron chi connectivity index (χ0n) is 18.5. The normalized spacial score (nSPS) is 14.0. The van der Waals surface area contributed by atoms with E-state index < -0.39 is 10.0 Å². The average Bonchev–Trinajstić information content (AvgIpc) is 3.27. The van der Waals surface area contributed by atoms with E-state index in [1.807, 2.05) is 49.4 Å². The van der Waals surface area contributed by atoms with Crippen LogP contribution in [-0.4, -0.2) is 36.8 Å². The highest BCUT2D eigenvalue weighted by Gasteiger charge is 2.28. The lowest BCUT2D eigenvalue weighted by Crippen LogP contribution is -2.35. The van der Waals surface area contributed by atoms with Gasteiger partial charge in [-0.2, -0.15) is 4.31 Å². The number of nitrogens with zero attached hydrogens (tertiary/aromatic N) is 2. The number of anilines is 1. The predicted molar refractivity (Wildman–Crippen MR) is 133 cm³/mol. The number of fused-ring (bicyclic) bond motifs is 2. The maximum absolute atomic E-state index is 13.2. The van der Waals surface area contributed by atoms with Crippen LogP contribution in [0.3, 0.4) is 0 Å². The minimum atomic E-state index is -3.66. The second-order valence-corrected chi connectivity index (χ2v) is 10.9. The zero-order chi connectivity index (χ0) is 23.7. The van der Waals surface area contributed by atoms with Gasteiger partial charge >= 0.3 is 0 Å². The molecule has 5 rings (SSSR count). The smallest absolute Gasteiger partial charge is 0.257 e. The molecule has 1 amide bonds. The molecule has 1 aromatic heterocycles. The van der Waals surface area contributed by atoms with Gasteiger partial charge in [-0.15, -0.1) is 0 Å². The monoisotopic (exact) mass is 493 g/mol. The predicted octanol–water partition coefficient (Wildman–Crippen LogP) is 4.69. The van der Waals surface area contributed by atoms with Crippen LogP contribution in [0.2, 0.25) is 0 Å². The molecule has 0 aliphatic carbocycles. The largest absolute Gasteiger partial charge is 0.492 e. The van der Waals surface area contributed by atoms with Crippen molar-refractivity contribution in [2.75, 3.05) is 18.5 Å². The number of rotatable bonds is 6. The van der Waals surface area contributed by atoms with Crippen molar-refractivity contribution in [1.29, 1.82) is 0 Å². The van der Waals surface area contributed by atoms with Gasteiger partial charge in [-0.25, -0.2) is 13.4 Å². The lowest BCUT2D eigenvalue weighted by atomic mass is 10.0. The van der Waals surface area contributed by atoms with Crippen molar-refractivity contribution in [3.05, 3.63) is 83.4 Å². The first-order chi connectivity index (χ1) is 16.5. The number of hydrogen-bond donors (Lipinski definition) is 1. The maximum atomic E-state index is 13.2. The van der Waals surface area contributed by atoms with Crippen LogP contribution in [0.15, 0.2) is 71.6 Å². The molecule has 4 aromatic rings. The van der Waals surface area contributed by atoms with E-state index in [1.165, 1.54) is 45.5 Å². The van der Waals surface area contributed by atoms with E-state index in [9.17, 15) is 13.2 Å². The van der Waals surface area contributed by atoms with Gasteiger partial charge in [-0.3, -0.25) is 10.1 Å². The third-order valence-corrected chi connectivity index (χ3v) is 8.55. The van der Waals surface area contributed by atoms with Crippen LogP contribution in [-0.2, 0) is 23.0 Å². The van der Waals surface area contributed by atoms with Crippen molar-refractivity contribution in [1.82, 2.24) is 9.29 Å². The summed E-state index contributed by atoms with van der Waals surface area (Å²) in [6.45, 7) is 3.21. The molecule has 0 radical (unpaired) electrons. The second-order valence-electron chi connectivity index (χ2n) is 7.89. The third kappa shape index (κ3) is 4.29. The van der Waals surface area contributed by atoms with E-state index in [1.54, 1.807) is 0 Å². The Balaban J connectivity index is 1.32. The van der Waals surface area contributed by atoms with E-state index in [4.69, 9.17) is 4.74 Å². The summed E-state index contributed by atoms with van der Waals surface area (Å²) in [5.41, 5.74) is 3.27. The Morgan fingerprint density at radius 2 is 1.82 bits per heavy atom. The molecule has 3 aromatic carbocycles. The van der Waals surface area contributed by atoms with Crippen LogP contribution < -0.4 is 10.1 Å². The SMILES string of the molecule is CCOc1cccc2sc(NC(=O)c3ccc(S(=O)(=O)N4CCc5ccccc5C4)cc3)nc12. The Bertz CT molecular complexity index is 1460. The molecule has 0 unspecified atom stereocenters. The van der Waals surface area contributed by atoms with Crippen LogP contribution in [0.25, 0.3) is 10.2 Å². The Labute approximate surface area is 202 Å². The summed E-state index contributed by atoms with van der Waals surface area (Å²) in [7, 11) is -3.66. The molecule has 0 spiro atoms. The lowest BCUT2D eigenvalue weighted by molar-refractivity contribution is 0.102. The van der Waals surface area contributed by atoms with Crippen molar-refractivity contribution in [2.24, 2.45) is 0 Å². The fourth-order valence-electron chi connectivity index (χ4n) is 4.02. The van der Waals surface area contributed by atoms with Gasteiger partial charge in [0.15, 0.2) is 5.13 Å². The standard InChI is InChI=1S/C25H23N3O4S2/c1-2-32-21-8-5-9-22-23(21)26-25(33-22)27-24(29)18-10-12-20(13-11-18)34(30,31)28-15-14-17-6-3-4-7-19(17)16-28/h3-13H,2,14-16H2,1H3,(H,26,27,29). The highest BCUT2D eigenvalue weighted by molar-refractivity contribution is 7.89. The average molecular weight is 494 g/mol. The Hall–Kier alpha value is -3.27. The summed E-state index contributed by atoms with van der Waals surface area (Å²) < 4.78 is 34.3. The molecular formula is C25H23N3O4S2. The Kier molecular flexibility index (Phi) is 6.07. The fourth-order valence-corrected chi connectivity index (χ4v) is 6.32. The highest BCUT2D eigenvalue weighted by Crippen LogP contribution is 2.32.